The molecular weight excluding hydrogens is 258 g/mol. The molecule has 1 N–H and O–H groups in total. The number of pyridine rings is 1. The Hall–Kier alpha value is -1.71. The third-order valence-electron chi connectivity index (χ3n) is 3.25. The highest BCUT2D eigenvalue weighted by atomic mass is 19.3. The number of aryl methyl sites for hydroxylation is 1. The maximum absolute atomic E-state index is 13.0. The Bertz CT molecular complexity index is 582. The largest absolute Gasteiger partial charge is 0.384 e. The Balaban J connectivity index is 2.60. The van der Waals surface area contributed by atoms with Gasteiger partial charge in [0.2, 0.25) is 0 Å². The highest BCUT2D eigenvalue weighted by molar-refractivity contribution is 5.93. The van der Waals surface area contributed by atoms with Crippen LogP contribution in [0.4, 0.5) is 14.5 Å². The van der Waals surface area contributed by atoms with E-state index in [1.54, 1.807) is 0 Å². The van der Waals surface area contributed by atoms with E-state index in [-0.39, 0.29) is 5.69 Å². The van der Waals surface area contributed by atoms with Crippen LogP contribution in [0.2, 0.25) is 0 Å². The third kappa shape index (κ3) is 3.06. The normalized spacial score (nSPS) is 11.2. The molecule has 0 amide bonds. The predicted molar refractivity (Wildman–Crippen MR) is 79.5 cm³/mol. The van der Waals surface area contributed by atoms with Crippen molar-refractivity contribution in [3.8, 4) is 0 Å². The number of nitrogens with zero attached hydrogens (tertiary/aromatic N) is 1. The molecule has 108 valence electrons. The van der Waals surface area contributed by atoms with Crippen LogP contribution in [-0.4, -0.2) is 11.5 Å². The predicted octanol–water partition coefficient (Wildman–Crippen LogP) is 4.95. The molecule has 20 heavy (non-hydrogen) atoms. The van der Waals surface area contributed by atoms with Gasteiger partial charge in [0.25, 0.3) is 6.43 Å². The van der Waals surface area contributed by atoms with E-state index in [2.05, 4.69) is 17.2 Å². The van der Waals surface area contributed by atoms with E-state index in [0.29, 0.717) is 5.52 Å². The van der Waals surface area contributed by atoms with Gasteiger partial charge < -0.3 is 5.32 Å². The molecule has 0 bridgehead atoms. The van der Waals surface area contributed by atoms with Crippen LogP contribution in [0.15, 0.2) is 24.3 Å². The Labute approximate surface area is 118 Å². The van der Waals surface area contributed by atoms with Crippen LogP contribution in [0.1, 0.15) is 44.4 Å². The highest BCUT2D eigenvalue weighted by Gasteiger charge is 2.14. The van der Waals surface area contributed by atoms with E-state index in [1.807, 2.05) is 25.1 Å². The first-order valence-electron chi connectivity index (χ1n) is 7.12. The summed E-state index contributed by atoms with van der Waals surface area (Å²) in [5.41, 5.74) is 2.34. The molecule has 0 saturated heterocycles. The maximum Gasteiger partial charge on any atom is 0.280 e. The van der Waals surface area contributed by atoms with Gasteiger partial charge in [0.15, 0.2) is 0 Å². The number of nitrogens with one attached hydrogen (secondary N) is 1. The molecular formula is C16H20F2N2. The number of hydrogen-bond donors (Lipinski definition) is 1. The minimum absolute atomic E-state index is 0.153. The maximum atomic E-state index is 13.0. The Morgan fingerprint density at radius 2 is 2.00 bits per heavy atom. The van der Waals surface area contributed by atoms with E-state index in [4.69, 9.17) is 0 Å². The van der Waals surface area contributed by atoms with Crippen molar-refractivity contribution in [2.45, 2.75) is 39.5 Å². The second-order valence-electron chi connectivity index (χ2n) is 4.89. The summed E-state index contributed by atoms with van der Waals surface area (Å²) < 4.78 is 26.0. The third-order valence-corrected chi connectivity index (χ3v) is 3.25. The van der Waals surface area contributed by atoms with Crippen LogP contribution >= 0.6 is 0 Å². The lowest BCUT2D eigenvalue weighted by Crippen LogP contribution is -2.04. The summed E-state index contributed by atoms with van der Waals surface area (Å²) in [6.45, 7) is 4.89. The summed E-state index contributed by atoms with van der Waals surface area (Å²) >= 11 is 0. The van der Waals surface area contributed by atoms with Crippen LogP contribution in [0.25, 0.3) is 10.9 Å². The molecule has 4 heteroatoms. The zero-order chi connectivity index (χ0) is 14.5. The summed E-state index contributed by atoms with van der Waals surface area (Å²) in [5.74, 6) is 0. The monoisotopic (exact) mass is 278 g/mol. The van der Waals surface area contributed by atoms with E-state index >= 15 is 0 Å². The average molecular weight is 278 g/mol. The first-order valence-corrected chi connectivity index (χ1v) is 7.12. The number of para-hydroxylation sites is 1. The number of alkyl halides is 2. The van der Waals surface area contributed by atoms with Gasteiger partial charge in [-0.25, -0.2) is 13.8 Å². The van der Waals surface area contributed by atoms with Crippen LogP contribution in [0, 0.1) is 0 Å². The van der Waals surface area contributed by atoms with Gasteiger partial charge in [-0.3, -0.25) is 0 Å². The minimum Gasteiger partial charge on any atom is -0.384 e. The summed E-state index contributed by atoms with van der Waals surface area (Å²) in [5, 5.41) is 4.15. The summed E-state index contributed by atoms with van der Waals surface area (Å²) in [7, 11) is 0. The van der Waals surface area contributed by atoms with Crippen LogP contribution in [0.3, 0.4) is 0 Å². The number of benzene rings is 1. The van der Waals surface area contributed by atoms with Crippen molar-refractivity contribution in [2.24, 2.45) is 0 Å². The van der Waals surface area contributed by atoms with Gasteiger partial charge >= 0.3 is 0 Å². The molecule has 0 aliphatic heterocycles. The fourth-order valence-corrected chi connectivity index (χ4v) is 2.32. The highest BCUT2D eigenvalue weighted by Crippen LogP contribution is 2.30. The van der Waals surface area contributed by atoms with Crippen molar-refractivity contribution in [3.05, 3.63) is 35.5 Å². The number of aromatic nitrogens is 1. The molecule has 0 fully saturated rings. The van der Waals surface area contributed by atoms with E-state index in [0.717, 1.165) is 42.4 Å². The number of fused-ring (bicyclic) bond motifs is 1. The topological polar surface area (TPSA) is 24.9 Å². The van der Waals surface area contributed by atoms with Gasteiger partial charge in [-0.2, -0.15) is 0 Å². The van der Waals surface area contributed by atoms with Crippen molar-refractivity contribution in [1.29, 1.82) is 0 Å². The number of anilines is 1. The molecule has 1 heterocycles. The van der Waals surface area contributed by atoms with Gasteiger partial charge in [-0.15, -0.1) is 0 Å². The summed E-state index contributed by atoms with van der Waals surface area (Å²) in [6, 6.07) is 7.35. The van der Waals surface area contributed by atoms with Crippen LogP contribution < -0.4 is 5.32 Å². The van der Waals surface area contributed by atoms with Gasteiger partial charge in [0, 0.05) is 17.6 Å². The zero-order valence-electron chi connectivity index (χ0n) is 11.9. The number of hydrogen-bond acceptors (Lipinski definition) is 2. The zero-order valence-corrected chi connectivity index (χ0v) is 11.9. The Morgan fingerprint density at radius 1 is 1.20 bits per heavy atom. The van der Waals surface area contributed by atoms with E-state index in [9.17, 15) is 8.78 Å². The van der Waals surface area contributed by atoms with E-state index < -0.39 is 6.43 Å². The van der Waals surface area contributed by atoms with Crippen LogP contribution in [0.5, 0.6) is 0 Å². The molecule has 0 spiro atoms. The molecule has 2 nitrogen and oxygen atoms in total. The number of halogens is 2. The molecule has 0 atom stereocenters. The molecule has 0 unspecified atom stereocenters. The standard InChI is InChI=1S/C16H20F2N2/c1-3-6-11-7-5-8-12-13(19-9-4-2)10-14(16(17)18)20-15(11)12/h5,7-8,10,16H,3-4,6,9H2,1-2H3,(H,19,20). The fraction of sp³-hybridized carbons (Fsp3) is 0.438. The second-order valence-corrected chi connectivity index (χ2v) is 4.89. The average Bonchev–Trinajstić information content (AvgIpc) is 2.45. The quantitative estimate of drug-likeness (QED) is 0.809. The Morgan fingerprint density at radius 3 is 2.65 bits per heavy atom. The first kappa shape index (κ1) is 14.7. The van der Waals surface area contributed by atoms with Gasteiger partial charge in [-0.1, -0.05) is 38.5 Å². The fourth-order valence-electron chi connectivity index (χ4n) is 2.32. The number of rotatable bonds is 6. The van der Waals surface area contributed by atoms with Crippen molar-refractivity contribution in [3.63, 3.8) is 0 Å². The summed E-state index contributed by atoms with van der Waals surface area (Å²) in [6.07, 6.45) is 0.223. The van der Waals surface area contributed by atoms with Crippen molar-refractivity contribution >= 4 is 16.6 Å². The van der Waals surface area contributed by atoms with Crippen molar-refractivity contribution < 1.29 is 8.78 Å². The minimum atomic E-state index is -2.55. The summed E-state index contributed by atoms with van der Waals surface area (Å²) in [4.78, 5) is 4.17. The van der Waals surface area contributed by atoms with Crippen LogP contribution in [-0.2, 0) is 6.42 Å². The van der Waals surface area contributed by atoms with Gasteiger partial charge in [-0.05, 0) is 24.5 Å². The molecule has 1 aromatic carbocycles. The Kier molecular flexibility index (Phi) is 4.88. The molecule has 0 saturated carbocycles. The molecule has 0 aliphatic rings. The molecule has 0 radical (unpaired) electrons. The molecule has 2 rings (SSSR count). The SMILES string of the molecule is CCCNc1cc(C(F)F)nc2c(CCC)cccc12. The van der Waals surface area contributed by atoms with Gasteiger partial charge in [0.1, 0.15) is 5.69 Å². The smallest absolute Gasteiger partial charge is 0.280 e. The lowest BCUT2D eigenvalue weighted by molar-refractivity contribution is 0.146. The van der Waals surface area contributed by atoms with Gasteiger partial charge in [0.05, 0.1) is 5.52 Å². The molecule has 2 aromatic rings. The molecule has 0 aliphatic carbocycles. The second kappa shape index (κ2) is 6.64. The van der Waals surface area contributed by atoms with Crippen molar-refractivity contribution in [2.75, 3.05) is 11.9 Å². The lowest BCUT2D eigenvalue weighted by atomic mass is 10.0. The lowest BCUT2D eigenvalue weighted by Gasteiger charge is -2.13. The van der Waals surface area contributed by atoms with E-state index in [1.165, 1.54) is 6.07 Å². The first-order chi connectivity index (χ1) is 9.67. The molecule has 1 aromatic heterocycles. The van der Waals surface area contributed by atoms with Crippen molar-refractivity contribution in [1.82, 2.24) is 4.98 Å².